The Morgan fingerprint density at radius 3 is 2.12 bits per heavy atom. The van der Waals surface area contributed by atoms with Crippen LogP contribution in [0.15, 0.2) is 0 Å². The zero-order valence-electron chi connectivity index (χ0n) is 16.3. The Bertz CT molecular complexity index is 305. The molecular weight excluding hydrogens is 338 g/mol. The number of nitrogens with zero attached hydrogens (tertiary/aromatic N) is 1. The molecule has 1 unspecified atom stereocenters. The normalized spacial score (nSPS) is 12.5. The summed E-state index contributed by atoms with van der Waals surface area (Å²) >= 11 is 1.67. The minimum atomic E-state index is -0.0857. The number of hydrogen-bond acceptors (Lipinski definition) is 6. The van der Waals surface area contributed by atoms with Crippen LogP contribution in [0.4, 0.5) is 0 Å². The van der Waals surface area contributed by atoms with Gasteiger partial charge in [0.15, 0.2) is 0 Å². The van der Waals surface area contributed by atoms with E-state index in [1.54, 1.807) is 11.8 Å². The second-order valence-corrected chi connectivity index (χ2v) is 7.55. The Morgan fingerprint density at radius 1 is 0.920 bits per heavy atom. The molecule has 0 aromatic heterocycles. The lowest BCUT2D eigenvalue weighted by atomic mass is 10.1. The molecule has 1 atom stereocenters. The van der Waals surface area contributed by atoms with Crippen LogP contribution in [0.1, 0.15) is 58.3 Å². The van der Waals surface area contributed by atoms with Crippen molar-refractivity contribution in [2.24, 2.45) is 5.92 Å². The monoisotopic (exact) mass is 377 g/mol. The predicted molar refractivity (Wildman–Crippen MR) is 106 cm³/mol. The van der Waals surface area contributed by atoms with Gasteiger partial charge in [0.25, 0.3) is 0 Å². The average Bonchev–Trinajstić information content (AvgIpc) is 2.60. The lowest BCUT2D eigenvalue weighted by Crippen LogP contribution is -2.29. The van der Waals surface area contributed by atoms with Gasteiger partial charge in [0.05, 0.1) is 19.1 Å². The first-order valence-electron chi connectivity index (χ1n) is 9.75. The zero-order valence-corrected chi connectivity index (χ0v) is 17.1. The molecule has 0 aromatic carbocycles. The highest BCUT2D eigenvalue weighted by molar-refractivity contribution is 7.98. The molecule has 0 radical (unpaired) electrons. The van der Waals surface area contributed by atoms with E-state index in [1.165, 1.54) is 12.8 Å². The maximum atomic E-state index is 11.7. The van der Waals surface area contributed by atoms with Crippen molar-refractivity contribution >= 4 is 17.7 Å². The van der Waals surface area contributed by atoms with Crippen LogP contribution in [0, 0.1) is 5.92 Å². The van der Waals surface area contributed by atoms with Crippen LogP contribution >= 0.6 is 11.8 Å². The highest BCUT2D eigenvalue weighted by Crippen LogP contribution is 2.08. The summed E-state index contributed by atoms with van der Waals surface area (Å²) in [4.78, 5) is 14.0. The SMILES string of the molecule is CSCC(C)C(=O)OCCCCCN(CCO)CCCCCCCO. The van der Waals surface area contributed by atoms with E-state index in [0.717, 1.165) is 63.9 Å². The molecule has 5 nitrogen and oxygen atoms in total. The molecule has 150 valence electrons. The molecular formula is C19H39NO4S. The molecule has 0 amide bonds. The van der Waals surface area contributed by atoms with Crippen molar-refractivity contribution in [2.75, 3.05) is 51.5 Å². The molecule has 2 N–H and O–H groups in total. The first kappa shape index (κ1) is 24.7. The zero-order chi connectivity index (χ0) is 18.8. The number of carbonyl (C=O) groups is 1. The van der Waals surface area contributed by atoms with E-state index in [2.05, 4.69) is 4.90 Å². The molecule has 0 aromatic rings. The highest BCUT2D eigenvalue weighted by Gasteiger charge is 2.13. The first-order chi connectivity index (χ1) is 12.2. The summed E-state index contributed by atoms with van der Waals surface area (Å²) in [6.45, 7) is 5.68. The summed E-state index contributed by atoms with van der Waals surface area (Å²) in [7, 11) is 0. The quantitative estimate of drug-likeness (QED) is 0.283. The van der Waals surface area contributed by atoms with E-state index in [0.29, 0.717) is 13.2 Å². The Morgan fingerprint density at radius 2 is 1.52 bits per heavy atom. The Balaban J connectivity index is 3.63. The standard InChI is InChI=1S/C19H39NO4S/c1-18(17-25-2)19(23)24-16-10-6-8-12-20(13-15-22)11-7-4-3-5-9-14-21/h18,21-22H,3-17H2,1-2H3. The fourth-order valence-corrected chi connectivity index (χ4v) is 3.34. The van der Waals surface area contributed by atoms with E-state index < -0.39 is 0 Å². The van der Waals surface area contributed by atoms with Crippen molar-refractivity contribution < 1.29 is 19.7 Å². The predicted octanol–water partition coefficient (Wildman–Crippen LogP) is 2.94. The van der Waals surface area contributed by atoms with Gasteiger partial charge in [-0.1, -0.05) is 26.2 Å². The molecule has 0 saturated heterocycles. The van der Waals surface area contributed by atoms with Gasteiger partial charge < -0.3 is 19.8 Å². The van der Waals surface area contributed by atoms with Gasteiger partial charge in [0.2, 0.25) is 0 Å². The first-order valence-corrected chi connectivity index (χ1v) is 11.1. The minimum Gasteiger partial charge on any atom is -0.465 e. The number of hydrogen-bond donors (Lipinski definition) is 2. The van der Waals surface area contributed by atoms with Gasteiger partial charge in [-0.05, 0) is 51.4 Å². The molecule has 0 spiro atoms. The molecule has 0 fully saturated rings. The van der Waals surface area contributed by atoms with Crippen molar-refractivity contribution in [3.8, 4) is 0 Å². The number of aliphatic hydroxyl groups excluding tert-OH is 2. The Hall–Kier alpha value is -0.300. The number of rotatable bonds is 18. The Kier molecular flexibility index (Phi) is 18.3. The largest absolute Gasteiger partial charge is 0.465 e. The summed E-state index contributed by atoms with van der Waals surface area (Å²) < 4.78 is 5.30. The van der Waals surface area contributed by atoms with Crippen molar-refractivity contribution in [1.29, 1.82) is 0 Å². The lowest BCUT2D eigenvalue weighted by Gasteiger charge is -2.21. The second kappa shape index (κ2) is 18.5. The lowest BCUT2D eigenvalue weighted by molar-refractivity contribution is -0.147. The molecule has 0 aliphatic heterocycles. The minimum absolute atomic E-state index is 0.0209. The van der Waals surface area contributed by atoms with Crippen molar-refractivity contribution in [3.05, 3.63) is 0 Å². The van der Waals surface area contributed by atoms with Gasteiger partial charge in [-0.3, -0.25) is 4.79 Å². The van der Waals surface area contributed by atoms with Gasteiger partial charge in [-0.2, -0.15) is 11.8 Å². The van der Waals surface area contributed by atoms with Gasteiger partial charge in [-0.25, -0.2) is 0 Å². The third-order valence-corrected chi connectivity index (χ3v) is 5.06. The summed E-state index contributed by atoms with van der Waals surface area (Å²) in [6.07, 6.45) is 10.5. The number of esters is 1. The Labute approximate surface area is 158 Å². The van der Waals surface area contributed by atoms with Crippen molar-refractivity contribution in [3.63, 3.8) is 0 Å². The highest BCUT2D eigenvalue weighted by atomic mass is 32.2. The van der Waals surface area contributed by atoms with Gasteiger partial charge in [0, 0.05) is 18.9 Å². The summed E-state index contributed by atoms with van der Waals surface area (Å²) in [5.41, 5.74) is 0. The molecule has 0 heterocycles. The molecule has 6 heteroatoms. The van der Waals surface area contributed by atoms with Crippen molar-refractivity contribution in [1.82, 2.24) is 4.90 Å². The van der Waals surface area contributed by atoms with Crippen molar-refractivity contribution in [2.45, 2.75) is 58.3 Å². The van der Waals surface area contributed by atoms with Crippen LogP contribution in [-0.4, -0.2) is 72.5 Å². The fraction of sp³-hybridized carbons (Fsp3) is 0.947. The summed E-state index contributed by atoms with van der Waals surface area (Å²) in [6, 6.07) is 0. The van der Waals surface area contributed by atoms with E-state index in [1.807, 2.05) is 13.2 Å². The fourth-order valence-electron chi connectivity index (χ4n) is 2.70. The summed E-state index contributed by atoms with van der Waals surface area (Å²) in [5.74, 6) is 0.708. The van der Waals surface area contributed by atoms with E-state index in [-0.39, 0.29) is 18.5 Å². The van der Waals surface area contributed by atoms with Crippen LogP contribution in [-0.2, 0) is 9.53 Å². The van der Waals surface area contributed by atoms with E-state index >= 15 is 0 Å². The molecule has 0 rings (SSSR count). The maximum absolute atomic E-state index is 11.7. The number of unbranched alkanes of at least 4 members (excludes halogenated alkanes) is 6. The van der Waals surface area contributed by atoms with Crippen LogP contribution in [0.5, 0.6) is 0 Å². The third kappa shape index (κ3) is 15.7. The third-order valence-electron chi connectivity index (χ3n) is 4.23. The van der Waals surface area contributed by atoms with Gasteiger partial charge >= 0.3 is 5.97 Å². The molecule has 0 aliphatic carbocycles. The smallest absolute Gasteiger partial charge is 0.309 e. The number of aliphatic hydroxyl groups is 2. The number of thioether (sulfide) groups is 1. The summed E-state index contributed by atoms with van der Waals surface area (Å²) in [5, 5.41) is 17.9. The average molecular weight is 378 g/mol. The van der Waals surface area contributed by atoms with E-state index in [4.69, 9.17) is 9.84 Å². The van der Waals surface area contributed by atoms with Gasteiger partial charge in [-0.15, -0.1) is 0 Å². The maximum Gasteiger partial charge on any atom is 0.309 e. The van der Waals surface area contributed by atoms with Crippen LogP contribution < -0.4 is 0 Å². The number of ether oxygens (including phenoxy) is 1. The van der Waals surface area contributed by atoms with Crippen LogP contribution in [0.3, 0.4) is 0 Å². The molecule has 0 aliphatic rings. The molecule has 0 saturated carbocycles. The van der Waals surface area contributed by atoms with Gasteiger partial charge in [0.1, 0.15) is 0 Å². The number of carbonyl (C=O) groups excluding carboxylic acids is 1. The van der Waals surface area contributed by atoms with E-state index in [9.17, 15) is 9.90 Å². The topological polar surface area (TPSA) is 70.0 Å². The molecule has 0 bridgehead atoms. The van der Waals surface area contributed by atoms with Crippen LogP contribution in [0.25, 0.3) is 0 Å². The second-order valence-electron chi connectivity index (χ2n) is 6.64. The molecule has 25 heavy (non-hydrogen) atoms. The van der Waals surface area contributed by atoms with Crippen LogP contribution in [0.2, 0.25) is 0 Å².